The first-order chi connectivity index (χ1) is 13.2. The monoisotopic (exact) mass is 395 g/mol. The molecule has 2 aromatic rings. The number of anilines is 1. The standard InChI is InChI=1S/C20H20F3NO4/c1-13(19(26)24-17-6-4-3-5-16(17)20(21,22)23)28-18(25)12-9-14-7-10-15(27-2)11-8-14/h3-8,10-11,13H,9,12H2,1-2H3,(H,24,26)/t13-/m1/s1. The van der Waals surface area contributed by atoms with Gasteiger partial charge >= 0.3 is 12.1 Å². The molecule has 0 saturated heterocycles. The molecule has 0 aliphatic heterocycles. The first-order valence-electron chi connectivity index (χ1n) is 8.50. The molecule has 0 fully saturated rings. The number of benzene rings is 2. The average Bonchev–Trinajstić information content (AvgIpc) is 2.66. The number of methoxy groups -OCH3 is 1. The predicted octanol–water partition coefficient (Wildman–Crippen LogP) is 4.22. The molecule has 1 atom stereocenters. The van der Waals surface area contributed by atoms with Crippen LogP contribution < -0.4 is 10.1 Å². The minimum absolute atomic E-state index is 0.0308. The van der Waals surface area contributed by atoms with E-state index in [4.69, 9.17) is 9.47 Å². The van der Waals surface area contributed by atoms with Gasteiger partial charge in [0.25, 0.3) is 5.91 Å². The summed E-state index contributed by atoms with van der Waals surface area (Å²) < 4.78 is 49.0. The molecule has 0 heterocycles. The number of halogens is 3. The fourth-order valence-electron chi connectivity index (χ4n) is 2.42. The van der Waals surface area contributed by atoms with Crippen molar-refractivity contribution < 1.29 is 32.2 Å². The molecule has 0 unspecified atom stereocenters. The van der Waals surface area contributed by atoms with Gasteiger partial charge in [-0.2, -0.15) is 13.2 Å². The number of ether oxygens (including phenoxy) is 2. The van der Waals surface area contributed by atoms with Gasteiger partial charge in [-0.25, -0.2) is 0 Å². The first kappa shape index (κ1) is 21.3. The molecule has 8 heteroatoms. The van der Waals surface area contributed by atoms with Gasteiger partial charge in [-0.05, 0) is 43.2 Å². The summed E-state index contributed by atoms with van der Waals surface area (Å²) in [5.41, 5.74) is -0.475. The average molecular weight is 395 g/mol. The number of hydrogen-bond donors (Lipinski definition) is 1. The maximum atomic E-state index is 13.0. The highest BCUT2D eigenvalue weighted by atomic mass is 19.4. The van der Waals surface area contributed by atoms with Crippen LogP contribution in [-0.2, 0) is 26.9 Å². The van der Waals surface area contributed by atoms with E-state index in [1.54, 1.807) is 31.4 Å². The SMILES string of the molecule is COc1ccc(CCC(=O)O[C@H](C)C(=O)Nc2ccccc2C(F)(F)F)cc1. The molecular weight excluding hydrogens is 375 g/mol. The van der Waals surface area contributed by atoms with Gasteiger partial charge in [-0.15, -0.1) is 0 Å². The van der Waals surface area contributed by atoms with E-state index in [0.29, 0.717) is 12.2 Å². The summed E-state index contributed by atoms with van der Waals surface area (Å²) in [6, 6.07) is 11.7. The smallest absolute Gasteiger partial charge is 0.418 e. The van der Waals surface area contributed by atoms with E-state index in [-0.39, 0.29) is 12.1 Å². The second kappa shape index (κ2) is 9.25. The van der Waals surface area contributed by atoms with Crippen molar-refractivity contribution in [1.82, 2.24) is 0 Å². The largest absolute Gasteiger partial charge is 0.497 e. The summed E-state index contributed by atoms with van der Waals surface area (Å²) >= 11 is 0. The molecule has 0 aromatic heterocycles. The van der Waals surface area contributed by atoms with E-state index in [2.05, 4.69) is 5.32 Å². The lowest BCUT2D eigenvalue weighted by atomic mass is 10.1. The maximum absolute atomic E-state index is 13.0. The van der Waals surface area contributed by atoms with Gasteiger partial charge in [0.2, 0.25) is 0 Å². The number of carbonyl (C=O) groups is 2. The molecule has 0 saturated carbocycles. The van der Waals surface area contributed by atoms with E-state index < -0.39 is 29.7 Å². The summed E-state index contributed by atoms with van der Waals surface area (Å²) in [6.45, 7) is 1.30. The third kappa shape index (κ3) is 6.00. The number of esters is 1. The number of aryl methyl sites for hydroxylation is 1. The molecule has 0 aliphatic rings. The Balaban J connectivity index is 1.89. The molecule has 150 valence electrons. The number of carbonyl (C=O) groups excluding carboxylic acids is 2. The normalized spacial score (nSPS) is 12.2. The van der Waals surface area contributed by atoms with E-state index in [1.165, 1.54) is 19.1 Å². The number of hydrogen-bond acceptors (Lipinski definition) is 4. The molecule has 5 nitrogen and oxygen atoms in total. The Morgan fingerprint density at radius 1 is 1.07 bits per heavy atom. The van der Waals surface area contributed by atoms with Crippen LogP contribution in [0.3, 0.4) is 0 Å². The van der Waals surface area contributed by atoms with Crippen LogP contribution >= 0.6 is 0 Å². The van der Waals surface area contributed by atoms with Crippen molar-refractivity contribution in [3.05, 3.63) is 59.7 Å². The van der Waals surface area contributed by atoms with Crippen molar-refractivity contribution >= 4 is 17.6 Å². The molecule has 2 rings (SSSR count). The summed E-state index contributed by atoms with van der Waals surface area (Å²) in [7, 11) is 1.55. The summed E-state index contributed by atoms with van der Waals surface area (Å²) in [5, 5.41) is 2.16. The van der Waals surface area contributed by atoms with Gasteiger partial charge in [0.05, 0.1) is 18.4 Å². The Labute approximate surface area is 160 Å². The van der Waals surface area contributed by atoms with E-state index in [0.717, 1.165) is 17.7 Å². The number of alkyl halides is 3. The third-order valence-electron chi connectivity index (χ3n) is 3.94. The molecular formula is C20H20F3NO4. The quantitative estimate of drug-likeness (QED) is 0.713. The highest BCUT2D eigenvalue weighted by molar-refractivity contribution is 5.95. The summed E-state index contributed by atoms with van der Waals surface area (Å²) in [6.07, 6.45) is -5.41. The molecule has 0 spiro atoms. The zero-order valence-corrected chi connectivity index (χ0v) is 15.4. The molecule has 1 N–H and O–H groups in total. The zero-order valence-electron chi connectivity index (χ0n) is 15.4. The van der Waals surface area contributed by atoms with Crippen LogP contribution in [-0.4, -0.2) is 25.1 Å². The molecule has 28 heavy (non-hydrogen) atoms. The highest BCUT2D eigenvalue weighted by Crippen LogP contribution is 2.34. The second-order valence-electron chi connectivity index (χ2n) is 6.01. The van der Waals surface area contributed by atoms with Crippen LogP contribution in [0.4, 0.5) is 18.9 Å². The van der Waals surface area contributed by atoms with Gasteiger partial charge in [0.1, 0.15) is 5.75 Å². The minimum atomic E-state index is -4.61. The summed E-state index contributed by atoms with van der Waals surface area (Å²) in [5.74, 6) is -0.771. The lowest BCUT2D eigenvalue weighted by Crippen LogP contribution is -2.30. The van der Waals surface area contributed by atoms with Crippen molar-refractivity contribution in [2.45, 2.75) is 32.0 Å². The number of rotatable bonds is 7. The lowest BCUT2D eigenvalue weighted by Gasteiger charge is -2.16. The Morgan fingerprint density at radius 2 is 1.71 bits per heavy atom. The van der Waals surface area contributed by atoms with Crippen molar-refractivity contribution in [2.75, 3.05) is 12.4 Å². The summed E-state index contributed by atoms with van der Waals surface area (Å²) in [4.78, 5) is 24.0. The molecule has 1 amide bonds. The Morgan fingerprint density at radius 3 is 2.32 bits per heavy atom. The van der Waals surface area contributed by atoms with Crippen LogP contribution in [0.2, 0.25) is 0 Å². The lowest BCUT2D eigenvalue weighted by molar-refractivity contribution is -0.153. The predicted molar refractivity (Wildman–Crippen MR) is 96.9 cm³/mol. The van der Waals surface area contributed by atoms with E-state index >= 15 is 0 Å². The highest BCUT2D eigenvalue weighted by Gasteiger charge is 2.34. The van der Waals surface area contributed by atoms with E-state index in [1.807, 2.05) is 0 Å². The van der Waals surface area contributed by atoms with Gasteiger partial charge < -0.3 is 14.8 Å². The second-order valence-corrected chi connectivity index (χ2v) is 6.01. The maximum Gasteiger partial charge on any atom is 0.418 e. The first-order valence-corrected chi connectivity index (χ1v) is 8.50. The van der Waals surface area contributed by atoms with Crippen LogP contribution in [0.15, 0.2) is 48.5 Å². The Hall–Kier alpha value is -3.03. The van der Waals surface area contributed by atoms with Crippen molar-refractivity contribution in [3.8, 4) is 5.75 Å². The topological polar surface area (TPSA) is 64.6 Å². The number of nitrogens with one attached hydrogen (secondary N) is 1. The number of amides is 1. The van der Waals surface area contributed by atoms with Crippen molar-refractivity contribution in [3.63, 3.8) is 0 Å². The van der Waals surface area contributed by atoms with Gasteiger partial charge in [-0.3, -0.25) is 9.59 Å². The molecule has 0 radical (unpaired) electrons. The van der Waals surface area contributed by atoms with Crippen LogP contribution in [0.5, 0.6) is 5.75 Å². The fraction of sp³-hybridized carbons (Fsp3) is 0.300. The molecule has 2 aromatic carbocycles. The van der Waals surface area contributed by atoms with Crippen LogP contribution in [0, 0.1) is 0 Å². The molecule has 0 bridgehead atoms. The zero-order chi connectivity index (χ0) is 20.7. The van der Waals surface area contributed by atoms with E-state index in [9.17, 15) is 22.8 Å². The van der Waals surface area contributed by atoms with Crippen LogP contribution in [0.25, 0.3) is 0 Å². The fourth-order valence-corrected chi connectivity index (χ4v) is 2.42. The third-order valence-corrected chi connectivity index (χ3v) is 3.94. The van der Waals surface area contributed by atoms with Crippen LogP contribution in [0.1, 0.15) is 24.5 Å². The number of para-hydroxylation sites is 1. The van der Waals surface area contributed by atoms with Gasteiger partial charge in [0.15, 0.2) is 6.10 Å². The Kier molecular flexibility index (Phi) is 7.03. The Bertz CT molecular complexity index is 819. The minimum Gasteiger partial charge on any atom is -0.497 e. The van der Waals surface area contributed by atoms with Crippen molar-refractivity contribution in [2.24, 2.45) is 0 Å². The van der Waals surface area contributed by atoms with Gasteiger partial charge in [0, 0.05) is 6.42 Å². The van der Waals surface area contributed by atoms with Crippen molar-refractivity contribution in [1.29, 1.82) is 0 Å². The van der Waals surface area contributed by atoms with Gasteiger partial charge in [-0.1, -0.05) is 24.3 Å². The molecule has 0 aliphatic carbocycles.